The fourth-order valence-electron chi connectivity index (χ4n) is 1.56. The Kier molecular flexibility index (Phi) is 8.21. The van der Waals surface area contributed by atoms with E-state index in [0.717, 1.165) is 28.6 Å². The third-order valence-electron chi connectivity index (χ3n) is 2.24. The minimum Gasteiger partial charge on any atom is -0.493 e. The minimum absolute atomic E-state index is 0. The van der Waals surface area contributed by atoms with Crippen LogP contribution in [0, 0.1) is 0 Å². The smallest absolute Gasteiger partial charge is 0.174 e. The third-order valence-corrected chi connectivity index (χ3v) is 3.14. The lowest BCUT2D eigenvalue weighted by Gasteiger charge is -2.14. The predicted octanol–water partition coefficient (Wildman–Crippen LogP) is 2.74. The summed E-state index contributed by atoms with van der Waals surface area (Å²) in [5.41, 5.74) is 6.76. The Morgan fingerprint density at radius 2 is 1.94 bits per heavy atom. The van der Waals surface area contributed by atoms with E-state index in [4.69, 9.17) is 15.2 Å². The van der Waals surface area contributed by atoms with Gasteiger partial charge in [-0.3, -0.25) is 0 Å². The molecule has 0 atom stereocenters. The van der Waals surface area contributed by atoms with E-state index < -0.39 is 0 Å². The lowest BCUT2D eigenvalue weighted by Crippen LogP contribution is -2.04. The van der Waals surface area contributed by atoms with Crippen LogP contribution in [0.4, 0.5) is 0 Å². The van der Waals surface area contributed by atoms with E-state index in [0.29, 0.717) is 6.54 Å². The van der Waals surface area contributed by atoms with Crippen molar-refractivity contribution in [3.63, 3.8) is 0 Å². The van der Waals surface area contributed by atoms with Crippen molar-refractivity contribution < 1.29 is 9.47 Å². The molecule has 0 fully saturated rings. The summed E-state index contributed by atoms with van der Waals surface area (Å²) in [5, 5.41) is 0. The predicted molar refractivity (Wildman–Crippen MR) is 76.0 cm³/mol. The first-order valence-electron chi connectivity index (χ1n) is 5.34. The zero-order chi connectivity index (χ0) is 12.0. The van der Waals surface area contributed by atoms with E-state index >= 15 is 0 Å². The molecule has 0 aliphatic carbocycles. The maximum absolute atomic E-state index is 5.57. The molecule has 0 amide bonds. The lowest BCUT2D eigenvalue weighted by molar-refractivity contribution is 0.347. The Morgan fingerprint density at radius 1 is 1.24 bits per heavy atom. The van der Waals surface area contributed by atoms with Gasteiger partial charge in [0.2, 0.25) is 0 Å². The quantitative estimate of drug-likeness (QED) is 0.812. The fraction of sp³-hybridized carbons (Fsp3) is 0.500. The highest BCUT2D eigenvalue weighted by Gasteiger charge is 2.11. The monoisotopic (exact) mass is 277 g/mol. The van der Waals surface area contributed by atoms with E-state index in [-0.39, 0.29) is 12.4 Å². The molecule has 0 heterocycles. The molecule has 0 aliphatic rings. The fourth-order valence-corrected chi connectivity index (χ4v) is 2.42. The van der Waals surface area contributed by atoms with Gasteiger partial charge in [0.25, 0.3) is 0 Å². The molecule has 5 heteroatoms. The van der Waals surface area contributed by atoms with Gasteiger partial charge in [0.1, 0.15) is 0 Å². The molecule has 1 aromatic carbocycles. The van der Waals surface area contributed by atoms with Gasteiger partial charge in [-0.1, -0.05) is 6.92 Å². The Balaban J connectivity index is 0.00000256. The Morgan fingerprint density at radius 3 is 2.41 bits per heavy atom. The zero-order valence-corrected chi connectivity index (χ0v) is 12.1. The third kappa shape index (κ3) is 4.30. The molecule has 0 radical (unpaired) electrons. The molecule has 1 aromatic rings. The maximum atomic E-state index is 5.57. The molecular formula is C12H20ClNO2S. The first-order valence-corrected chi connectivity index (χ1v) is 6.33. The summed E-state index contributed by atoms with van der Waals surface area (Å²) in [7, 11) is 3.32. The summed E-state index contributed by atoms with van der Waals surface area (Å²) in [4.78, 5) is 1.12. The molecule has 2 N–H and O–H groups in total. The summed E-state index contributed by atoms with van der Waals surface area (Å²) in [6, 6.07) is 4.12. The van der Waals surface area contributed by atoms with E-state index in [1.807, 2.05) is 6.07 Å². The summed E-state index contributed by atoms with van der Waals surface area (Å²) >= 11 is 1.75. The number of hydrogen-bond acceptors (Lipinski definition) is 4. The Bertz CT molecular complexity index is 348. The lowest BCUT2D eigenvalue weighted by atomic mass is 10.1. The van der Waals surface area contributed by atoms with Gasteiger partial charge < -0.3 is 15.2 Å². The number of halogens is 1. The number of rotatable bonds is 6. The van der Waals surface area contributed by atoms with Crippen molar-refractivity contribution in [2.24, 2.45) is 5.73 Å². The van der Waals surface area contributed by atoms with Crippen molar-refractivity contribution in [1.82, 2.24) is 0 Å². The average Bonchev–Trinajstić information content (AvgIpc) is 2.29. The molecule has 0 saturated carbocycles. The number of methoxy groups -OCH3 is 2. The molecule has 3 nitrogen and oxygen atoms in total. The zero-order valence-electron chi connectivity index (χ0n) is 10.5. The SMILES string of the molecule is CCSc1cc(CCN)cc(OC)c1OC.Cl. The molecule has 98 valence electrons. The topological polar surface area (TPSA) is 44.5 Å². The van der Waals surface area contributed by atoms with Gasteiger partial charge in [0.15, 0.2) is 11.5 Å². The number of thioether (sulfide) groups is 1. The van der Waals surface area contributed by atoms with Gasteiger partial charge in [0, 0.05) is 0 Å². The second kappa shape index (κ2) is 8.50. The van der Waals surface area contributed by atoms with E-state index in [9.17, 15) is 0 Å². The highest BCUT2D eigenvalue weighted by atomic mass is 35.5. The van der Waals surface area contributed by atoms with Crippen LogP contribution in [0.5, 0.6) is 11.5 Å². The number of ether oxygens (including phenoxy) is 2. The van der Waals surface area contributed by atoms with Crippen molar-refractivity contribution in [1.29, 1.82) is 0 Å². The van der Waals surface area contributed by atoms with E-state index in [2.05, 4.69) is 13.0 Å². The molecule has 0 spiro atoms. The summed E-state index contributed by atoms with van der Waals surface area (Å²) in [5.74, 6) is 2.60. The van der Waals surface area contributed by atoms with E-state index in [1.54, 1.807) is 26.0 Å². The van der Waals surface area contributed by atoms with Crippen LogP contribution in [-0.4, -0.2) is 26.5 Å². The second-order valence-electron chi connectivity index (χ2n) is 3.30. The standard InChI is InChI=1S/C12H19NO2S.ClH/c1-4-16-11-8-9(5-6-13)7-10(14-2)12(11)15-3;/h7-8H,4-6,13H2,1-3H3;1H. The summed E-state index contributed by atoms with van der Waals surface area (Å²) in [6.45, 7) is 2.76. The van der Waals surface area contributed by atoms with Crippen LogP contribution in [0.1, 0.15) is 12.5 Å². The van der Waals surface area contributed by atoms with Crippen LogP contribution in [0.2, 0.25) is 0 Å². The largest absolute Gasteiger partial charge is 0.493 e. The van der Waals surface area contributed by atoms with Crippen molar-refractivity contribution in [3.05, 3.63) is 17.7 Å². The van der Waals surface area contributed by atoms with Gasteiger partial charge in [-0.05, 0) is 36.4 Å². The summed E-state index contributed by atoms with van der Waals surface area (Å²) < 4.78 is 10.7. The molecule has 0 saturated heterocycles. The molecule has 17 heavy (non-hydrogen) atoms. The van der Waals surface area contributed by atoms with Crippen molar-refractivity contribution in [2.75, 3.05) is 26.5 Å². The van der Waals surface area contributed by atoms with Crippen LogP contribution in [0.3, 0.4) is 0 Å². The highest BCUT2D eigenvalue weighted by molar-refractivity contribution is 7.99. The van der Waals surface area contributed by atoms with Crippen LogP contribution >= 0.6 is 24.2 Å². The van der Waals surface area contributed by atoms with Crippen LogP contribution < -0.4 is 15.2 Å². The van der Waals surface area contributed by atoms with Crippen LogP contribution in [0.15, 0.2) is 17.0 Å². The average molecular weight is 278 g/mol. The molecule has 0 unspecified atom stereocenters. The maximum Gasteiger partial charge on any atom is 0.174 e. The minimum atomic E-state index is 0. The first kappa shape index (κ1) is 16.4. The molecule has 0 aliphatic heterocycles. The number of benzene rings is 1. The summed E-state index contributed by atoms with van der Waals surface area (Å²) in [6.07, 6.45) is 0.859. The molecule has 0 aromatic heterocycles. The van der Waals surface area contributed by atoms with Gasteiger partial charge in [-0.25, -0.2) is 0 Å². The van der Waals surface area contributed by atoms with Crippen LogP contribution in [-0.2, 0) is 6.42 Å². The highest BCUT2D eigenvalue weighted by Crippen LogP contribution is 2.38. The van der Waals surface area contributed by atoms with Gasteiger partial charge in [-0.2, -0.15) is 0 Å². The first-order chi connectivity index (χ1) is 7.76. The van der Waals surface area contributed by atoms with Crippen LogP contribution in [0.25, 0.3) is 0 Å². The van der Waals surface area contributed by atoms with Gasteiger partial charge in [0.05, 0.1) is 19.1 Å². The van der Waals surface area contributed by atoms with Gasteiger partial charge >= 0.3 is 0 Å². The normalized spacial score (nSPS) is 9.65. The second-order valence-corrected chi connectivity index (χ2v) is 4.61. The molecular weight excluding hydrogens is 258 g/mol. The van der Waals surface area contributed by atoms with Crippen molar-refractivity contribution >= 4 is 24.2 Å². The Hall–Kier alpha value is -0.580. The van der Waals surface area contributed by atoms with Gasteiger partial charge in [-0.15, -0.1) is 24.2 Å². The van der Waals surface area contributed by atoms with Crippen molar-refractivity contribution in [3.8, 4) is 11.5 Å². The van der Waals surface area contributed by atoms with E-state index in [1.165, 1.54) is 5.56 Å². The molecule has 0 bridgehead atoms. The number of hydrogen-bond donors (Lipinski definition) is 1. The van der Waals surface area contributed by atoms with Crippen molar-refractivity contribution in [2.45, 2.75) is 18.2 Å². The Labute approximate surface area is 113 Å². The number of nitrogens with two attached hydrogens (primary N) is 1. The molecule has 1 rings (SSSR count).